The summed E-state index contributed by atoms with van der Waals surface area (Å²) in [5.74, 6) is 0.840. The van der Waals surface area contributed by atoms with Gasteiger partial charge in [-0.2, -0.15) is 4.98 Å². The Labute approximate surface area is 140 Å². The molecule has 0 aliphatic rings. The van der Waals surface area contributed by atoms with Gasteiger partial charge in [0.1, 0.15) is 4.90 Å². The summed E-state index contributed by atoms with van der Waals surface area (Å²) < 4.78 is 28.3. The van der Waals surface area contributed by atoms with Crippen LogP contribution >= 0.6 is 39.7 Å². The lowest BCUT2D eigenvalue weighted by molar-refractivity contribution is 0.419. The summed E-state index contributed by atoms with van der Waals surface area (Å²) in [5.41, 5.74) is 0. The van der Waals surface area contributed by atoms with Crippen molar-refractivity contribution in [2.24, 2.45) is 5.14 Å². The van der Waals surface area contributed by atoms with E-state index in [1.54, 1.807) is 0 Å². The van der Waals surface area contributed by atoms with Gasteiger partial charge in [-0.25, -0.2) is 13.6 Å². The molecule has 21 heavy (non-hydrogen) atoms. The topological polar surface area (TPSA) is 111 Å². The molecule has 1 unspecified atom stereocenters. The Morgan fingerprint density at radius 1 is 1.57 bits per heavy atom. The van der Waals surface area contributed by atoms with Gasteiger partial charge in [0.25, 0.3) is 5.89 Å². The molecular weight excluding hydrogens is 404 g/mol. The third-order valence-corrected chi connectivity index (χ3v) is 5.77. The van der Waals surface area contributed by atoms with Crippen LogP contribution in [0.25, 0.3) is 10.8 Å². The Kier molecular flexibility index (Phi) is 6.32. The van der Waals surface area contributed by atoms with Crippen molar-refractivity contribution in [2.45, 2.75) is 24.3 Å². The number of halogens is 2. The standard InChI is InChI=1S/C10H13BrN4O3S2.ClH/c1-5(13-2)3-8-14-10(18-15-8)6-4-7(9(11)19-6)20(12,16)17;/h4-5,13H,3H2,1-2H3,(H2,12,16,17);1H. The molecule has 2 rings (SSSR count). The molecule has 0 aromatic carbocycles. The van der Waals surface area contributed by atoms with Crippen molar-refractivity contribution >= 4 is 49.7 Å². The van der Waals surface area contributed by atoms with E-state index in [2.05, 4.69) is 31.4 Å². The molecule has 1 atom stereocenters. The van der Waals surface area contributed by atoms with Crippen LogP contribution < -0.4 is 10.5 Å². The lowest BCUT2D eigenvalue weighted by atomic mass is 10.2. The predicted octanol–water partition coefficient (Wildman–Crippen LogP) is 1.78. The van der Waals surface area contributed by atoms with Crippen molar-refractivity contribution in [3.05, 3.63) is 15.7 Å². The van der Waals surface area contributed by atoms with Gasteiger partial charge in [0.05, 0.1) is 8.66 Å². The van der Waals surface area contributed by atoms with Crippen LogP contribution in [-0.2, 0) is 16.4 Å². The fourth-order valence-electron chi connectivity index (χ4n) is 1.46. The van der Waals surface area contributed by atoms with Crippen LogP contribution in [0.1, 0.15) is 12.7 Å². The van der Waals surface area contributed by atoms with Gasteiger partial charge >= 0.3 is 0 Å². The molecule has 0 bridgehead atoms. The zero-order valence-electron chi connectivity index (χ0n) is 11.2. The highest BCUT2D eigenvalue weighted by Gasteiger charge is 2.20. The Morgan fingerprint density at radius 3 is 2.76 bits per heavy atom. The Balaban J connectivity index is 0.00000220. The molecule has 7 nitrogen and oxygen atoms in total. The molecule has 3 N–H and O–H groups in total. The number of likely N-dealkylation sites (N-methyl/N-ethyl adjacent to an activating group) is 1. The third kappa shape index (κ3) is 4.47. The maximum Gasteiger partial charge on any atom is 0.268 e. The Morgan fingerprint density at radius 2 is 2.24 bits per heavy atom. The number of nitrogens with zero attached hydrogens (tertiary/aromatic N) is 2. The summed E-state index contributed by atoms with van der Waals surface area (Å²) in [7, 11) is -1.93. The fraction of sp³-hybridized carbons (Fsp3) is 0.400. The molecule has 0 aliphatic carbocycles. The Hall–Kier alpha value is -0.520. The molecule has 0 saturated heterocycles. The number of aromatic nitrogens is 2. The summed E-state index contributed by atoms with van der Waals surface area (Å²) in [6, 6.07) is 1.64. The fourth-order valence-corrected chi connectivity index (χ4v) is 4.53. The predicted molar refractivity (Wildman–Crippen MR) is 86.2 cm³/mol. The van der Waals surface area contributed by atoms with Gasteiger partial charge in [0.15, 0.2) is 5.82 Å². The molecule has 11 heteroatoms. The first-order valence-electron chi connectivity index (χ1n) is 5.63. The number of primary sulfonamides is 1. The number of thiophene rings is 1. The minimum Gasteiger partial charge on any atom is -0.333 e. The molecule has 0 amide bonds. The number of nitrogens with one attached hydrogen (secondary N) is 1. The summed E-state index contributed by atoms with van der Waals surface area (Å²) >= 11 is 4.35. The number of sulfonamides is 1. The summed E-state index contributed by atoms with van der Waals surface area (Å²) in [6.07, 6.45) is 0.620. The average Bonchev–Trinajstić information content (AvgIpc) is 2.94. The molecule has 118 valence electrons. The number of nitrogens with two attached hydrogens (primary N) is 1. The van der Waals surface area contributed by atoms with Gasteiger partial charge in [-0.3, -0.25) is 0 Å². The van der Waals surface area contributed by atoms with Crippen LogP contribution in [-0.4, -0.2) is 31.6 Å². The smallest absolute Gasteiger partial charge is 0.268 e. The molecule has 2 aromatic heterocycles. The number of hydrogen-bond acceptors (Lipinski definition) is 7. The van der Waals surface area contributed by atoms with E-state index < -0.39 is 10.0 Å². The van der Waals surface area contributed by atoms with E-state index in [1.165, 1.54) is 17.4 Å². The van der Waals surface area contributed by atoms with Crippen LogP contribution in [0, 0.1) is 0 Å². The number of hydrogen-bond donors (Lipinski definition) is 2. The van der Waals surface area contributed by atoms with E-state index >= 15 is 0 Å². The Bertz CT molecular complexity index is 716. The van der Waals surface area contributed by atoms with Crippen LogP contribution in [0.5, 0.6) is 0 Å². The van der Waals surface area contributed by atoms with Crippen molar-refractivity contribution in [3.63, 3.8) is 0 Å². The second-order valence-electron chi connectivity index (χ2n) is 4.20. The first kappa shape index (κ1) is 18.5. The number of rotatable bonds is 5. The van der Waals surface area contributed by atoms with Crippen LogP contribution in [0.15, 0.2) is 19.3 Å². The van der Waals surface area contributed by atoms with E-state index in [0.29, 0.717) is 20.9 Å². The zero-order chi connectivity index (χ0) is 14.9. The average molecular weight is 418 g/mol. The lowest BCUT2D eigenvalue weighted by Crippen LogP contribution is -2.24. The maximum atomic E-state index is 11.4. The van der Waals surface area contributed by atoms with Crippen molar-refractivity contribution < 1.29 is 12.9 Å². The molecule has 0 spiro atoms. The monoisotopic (exact) mass is 416 g/mol. The summed E-state index contributed by atoms with van der Waals surface area (Å²) in [6.45, 7) is 2.00. The second-order valence-corrected chi connectivity index (χ2v) is 8.10. The zero-order valence-corrected chi connectivity index (χ0v) is 15.2. The summed E-state index contributed by atoms with van der Waals surface area (Å²) in [5, 5.41) is 12.1. The maximum absolute atomic E-state index is 11.4. The largest absolute Gasteiger partial charge is 0.333 e. The lowest BCUT2D eigenvalue weighted by Gasteiger charge is -2.04. The van der Waals surface area contributed by atoms with Crippen molar-refractivity contribution in [1.82, 2.24) is 15.5 Å². The highest BCUT2D eigenvalue weighted by molar-refractivity contribution is 9.11. The molecule has 0 aliphatic heterocycles. The van der Waals surface area contributed by atoms with Crippen molar-refractivity contribution in [1.29, 1.82) is 0 Å². The van der Waals surface area contributed by atoms with E-state index in [4.69, 9.17) is 9.66 Å². The molecule has 0 fully saturated rings. The quantitative estimate of drug-likeness (QED) is 0.767. The van der Waals surface area contributed by atoms with Gasteiger partial charge < -0.3 is 9.84 Å². The van der Waals surface area contributed by atoms with Gasteiger partial charge in [-0.05, 0) is 36.0 Å². The SMILES string of the molecule is CNC(C)Cc1noc(-c2cc(S(N)(=O)=O)c(Br)s2)n1.Cl. The minimum atomic E-state index is -3.77. The molecule has 2 aromatic rings. The first-order valence-corrected chi connectivity index (χ1v) is 8.79. The van der Waals surface area contributed by atoms with Gasteiger partial charge in [0, 0.05) is 12.5 Å². The van der Waals surface area contributed by atoms with E-state index in [-0.39, 0.29) is 29.2 Å². The van der Waals surface area contributed by atoms with E-state index in [0.717, 1.165) is 0 Å². The van der Waals surface area contributed by atoms with E-state index in [1.807, 2.05) is 14.0 Å². The highest BCUT2D eigenvalue weighted by atomic mass is 79.9. The first-order chi connectivity index (χ1) is 9.31. The van der Waals surface area contributed by atoms with Crippen molar-refractivity contribution in [3.8, 4) is 10.8 Å². The second kappa shape index (κ2) is 7.16. The van der Waals surface area contributed by atoms with Crippen molar-refractivity contribution in [2.75, 3.05) is 7.05 Å². The minimum absolute atomic E-state index is 0. The van der Waals surface area contributed by atoms with Gasteiger partial charge in [0.2, 0.25) is 10.0 Å². The van der Waals surface area contributed by atoms with E-state index in [9.17, 15) is 8.42 Å². The van der Waals surface area contributed by atoms with Crippen LogP contribution in [0.3, 0.4) is 0 Å². The molecule has 0 radical (unpaired) electrons. The molecular formula is C10H14BrClN4O3S2. The van der Waals surface area contributed by atoms with Crippen LogP contribution in [0.4, 0.5) is 0 Å². The molecule has 2 heterocycles. The molecule has 0 saturated carbocycles. The summed E-state index contributed by atoms with van der Waals surface area (Å²) in [4.78, 5) is 4.81. The van der Waals surface area contributed by atoms with Crippen LogP contribution in [0.2, 0.25) is 0 Å². The van der Waals surface area contributed by atoms with Gasteiger partial charge in [-0.15, -0.1) is 23.7 Å². The third-order valence-electron chi connectivity index (χ3n) is 2.62. The highest BCUT2D eigenvalue weighted by Crippen LogP contribution is 2.36. The normalized spacial score (nSPS) is 13.0. The van der Waals surface area contributed by atoms with Gasteiger partial charge in [-0.1, -0.05) is 5.16 Å².